The van der Waals surface area contributed by atoms with Gasteiger partial charge >= 0.3 is 0 Å². The summed E-state index contributed by atoms with van der Waals surface area (Å²) in [7, 11) is 0. The third kappa shape index (κ3) is 3.71. The van der Waals surface area contributed by atoms with Crippen LogP contribution in [0.15, 0.2) is 0 Å². The molecule has 3 heteroatoms. The van der Waals surface area contributed by atoms with Gasteiger partial charge in [-0.1, -0.05) is 32.6 Å². The largest absolute Gasteiger partial charge is 0.353 e. The highest BCUT2D eigenvalue weighted by Crippen LogP contribution is 2.30. The number of hydrogen-bond donors (Lipinski definition) is 2. The number of carbonyl (C=O) groups is 1. The minimum Gasteiger partial charge on any atom is -0.353 e. The second-order valence-electron chi connectivity index (χ2n) is 6.79. The smallest absolute Gasteiger partial charge is 0.225 e. The minimum atomic E-state index is 0.0276. The van der Waals surface area contributed by atoms with Crippen LogP contribution in [-0.4, -0.2) is 18.0 Å². The highest BCUT2D eigenvalue weighted by Gasteiger charge is 2.35. The SMILES string of the molecule is CC1CCCC(N)C1C(=O)NC(C)C1CCCCC1. The van der Waals surface area contributed by atoms with Gasteiger partial charge in [-0.25, -0.2) is 0 Å². The Hall–Kier alpha value is -0.570. The van der Waals surface area contributed by atoms with E-state index in [4.69, 9.17) is 5.73 Å². The van der Waals surface area contributed by atoms with Crippen molar-refractivity contribution >= 4 is 5.91 Å². The number of amides is 1. The first-order chi connectivity index (χ1) is 9.09. The Morgan fingerprint density at radius 1 is 1.11 bits per heavy atom. The van der Waals surface area contributed by atoms with Crippen molar-refractivity contribution in [3.63, 3.8) is 0 Å². The molecule has 2 aliphatic carbocycles. The molecular weight excluding hydrogens is 236 g/mol. The van der Waals surface area contributed by atoms with Crippen molar-refractivity contribution in [3.05, 3.63) is 0 Å². The lowest BCUT2D eigenvalue weighted by atomic mass is 9.76. The Kier molecular flexibility index (Phi) is 5.26. The third-order valence-electron chi connectivity index (χ3n) is 5.30. The molecule has 2 fully saturated rings. The molecule has 2 aliphatic rings. The number of carbonyl (C=O) groups excluding carboxylic acids is 1. The molecule has 0 aliphatic heterocycles. The van der Waals surface area contributed by atoms with E-state index < -0.39 is 0 Å². The number of hydrogen-bond acceptors (Lipinski definition) is 2. The van der Waals surface area contributed by atoms with Crippen LogP contribution in [0.4, 0.5) is 0 Å². The minimum absolute atomic E-state index is 0.0276. The summed E-state index contributed by atoms with van der Waals surface area (Å²) in [6, 6.07) is 0.372. The zero-order valence-electron chi connectivity index (χ0n) is 12.5. The van der Waals surface area contributed by atoms with E-state index in [9.17, 15) is 4.79 Å². The summed E-state index contributed by atoms with van der Waals surface area (Å²) in [6.07, 6.45) is 9.87. The van der Waals surface area contributed by atoms with Crippen LogP contribution in [0.3, 0.4) is 0 Å². The van der Waals surface area contributed by atoms with Crippen LogP contribution >= 0.6 is 0 Å². The lowest BCUT2D eigenvalue weighted by Gasteiger charge is -2.35. The van der Waals surface area contributed by atoms with E-state index >= 15 is 0 Å². The van der Waals surface area contributed by atoms with E-state index in [1.165, 1.54) is 38.5 Å². The van der Waals surface area contributed by atoms with E-state index in [2.05, 4.69) is 19.2 Å². The van der Waals surface area contributed by atoms with Crippen LogP contribution in [-0.2, 0) is 4.79 Å². The van der Waals surface area contributed by atoms with Crippen molar-refractivity contribution in [2.45, 2.75) is 77.3 Å². The maximum absolute atomic E-state index is 12.5. The Morgan fingerprint density at radius 3 is 2.42 bits per heavy atom. The number of rotatable bonds is 3. The van der Waals surface area contributed by atoms with Gasteiger partial charge in [0.1, 0.15) is 0 Å². The van der Waals surface area contributed by atoms with E-state index in [1.54, 1.807) is 0 Å². The fourth-order valence-corrected chi connectivity index (χ4v) is 3.98. The van der Waals surface area contributed by atoms with Gasteiger partial charge in [-0.15, -0.1) is 0 Å². The number of nitrogens with one attached hydrogen (secondary N) is 1. The van der Waals surface area contributed by atoms with Crippen LogP contribution in [0.2, 0.25) is 0 Å². The molecule has 1 amide bonds. The monoisotopic (exact) mass is 266 g/mol. The lowest BCUT2D eigenvalue weighted by Crippen LogP contribution is -2.50. The van der Waals surface area contributed by atoms with Crippen LogP contribution in [0.25, 0.3) is 0 Å². The molecule has 19 heavy (non-hydrogen) atoms. The molecule has 0 spiro atoms. The Labute approximate surface area is 117 Å². The van der Waals surface area contributed by atoms with E-state index in [-0.39, 0.29) is 17.9 Å². The molecule has 0 aromatic heterocycles. The zero-order valence-corrected chi connectivity index (χ0v) is 12.5. The molecule has 0 aromatic carbocycles. The molecule has 4 atom stereocenters. The summed E-state index contributed by atoms with van der Waals surface area (Å²) >= 11 is 0. The second kappa shape index (κ2) is 6.74. The topological polar surface area (TPSA) is 55.1 Å². The van der Waals surface area contributed by atoms with Crippen LogP contribution < -0.4 is 11.1 Å². The van der Waals surface area contributed by atoms with E-state index in [1.807, 2.05) is 0 Å². The molecular formula is C16H30N2O. The molecule has 3 N–H and O–H groups in total. The molecule has 0 aromatic rings. The van der Waals surface area contributed by atoms with Crippen LogP contribution in [0.5, 0.6) is 0 Å². The standard InChI is InChI=1S/C16H30N2O/c1-11-7-6-10-14(17)15(11)16(19)18-12(2)13-8-4-3-5-9-13/h11-15H,3-10,17H2,1-2H3,(H,18,19). The van der Waals surface area contributed by atoms with E-state index in [0.717, 1.165) is 12.8 Å². The molecule has 0 heterocycles. The van der Waals surface area contributed by atoms with Gasteiger partial charge in [-0.05, 0) is 44.4 Å². The van der Waals surface area contributed by atoms with Gasteiger partial charge in [0.05, 0.1) is 5.92 Å². The molecule has 3 nitrogen and oxygen atoms in total. The summed E-state index contributed by atoms with van der Waals surface area (Å²) in [5.41, 5.74) is 6.16. The summed E-state index contributed by atoms with van der Waals surface area (Å²) in [4.78, 5) is 12.5. The quantitative estimate of drug-likeness (QED) is 0.825. The Balaban J connectivity index is 1.88. The van der Waals surface area contributed by atoms with Gasteiger partial charge in [-0.3, -0.25) is 4.79 Å². The van der Waals surface area contributed by atoms with Crippen molar-refractivity contribution in [3.8, 4) is 0 Å². The van der Waals surface area contributed by atoms with Gasteiger partial charge in [0.2, 0.25) is 5.91 Å². The first-order valence-electron chi connectivity index (χ1n) is 8.15. The molecule has 0 saturated heterocycles. The highest BCUT2D eigenvalue weighted by atomic mass is 16.2. The van der Waals surface area contributed by atoms with Gasteiger partial charge in [0.15, 0.2) is 0 Å². The van der Waals surface area contributed by atoms with E-state index in [0.29, 0.717) is 17.9 Å². The molecule has 2 saturated carbocycles. The van der Waals surface area contributed by atoms with Crippen LogP contribution in [0, 0.1) is 17.8 Å². The lowest BCUT2D eigenvalue weighted by molar-refractivity contribution is -0.129. The summed E-state index contributed by atoms with van der Waals surface area (Å²) in [5.74, 6) is 1.34. The second-order valence-corrected chi connectivity index (χ2v) is 6.79. The first-order valence-corrected chi connectivity index (χ1v) is 8.15. The van der Waals surface area contributed by atoms with Crippen molar-refractivity contribution < 1.29 is 4.79 Å². The van der Waals surface area contributed by atoms with Crippen LogP contribution in [0.1, 0.15) is 65.2 Å². The van der Waals surface area contributed by atoms with Crippen molar-refractivity contribution in [1.82, 2.24) is 5.32 Å². The summed E-state index contributed by atoms with van der Waals surface area (Å²) in [6.45, 7) is 4.35. The summed E-state index contributed by atoms with van der Waals surface area (Å²) in [5, 5.41) is 3.26. The molecule has 0 bridgehead atoms. The maximum atomic E-state index is 12.5. The van der Waals surface area contributed by atoms with Gasteiger partial charge in [-0.2, -0.15) is 0 Å². The Bertz CT molecular complexity index is 289. The summed E-state index contributed by atoms with van der Waals surface area (Å²) < 4.78 is 0. The average Bonchev–Trinajstić information content (AvgIpc) is 2.39. The van der Waals surface area contributed by atoms with Crippen molar-refractivity contribution in [2.24, 2.45) is 23.5 Å². The van der Waals surface area contributed by atoms with Gasteiger partial charge in [0.25, 0.3) is 0 Å². The first kappa shape index (κ1) is 14.8. The van der Waals surface area contributed by atoms with Crippen molar-refractivity contribution in [1.29, 1.82) is 0 Å². The maximum Gasteiger partial charge on any atom is 0.225 e. The highest BCUT2D eigenvalue weighted by molar-refractivity contribution is 5.80. The average molecular weight is 266 g/mol. The number of nitrogens with two attached hydrogens (primary N) is 1. The molecule has 2 rings (SSSR count). The molecule has 0 radical (unpaired) electrons. The normalized spacial score (nSPS) is 34.8. The zero-order chi connectivity index (χ0) is 13.8. The third-order valence-corrected chi connectivity index (χ3v) is 5.30. The fourth-order valence-electron chi connectivity index (χ4n) is 3.98. The molecule has 4 unspecified atom stereocenters. The molecule has 110 valence electrons. The Morgan fingerprint density at radius 2 is 1.79 bits per heavy atom. The predicted octanol–water partition coefficient (Wildman–Crippen LogP) is 2.83. The van der Waals surface area contributed by atoms with Gasteiger partial charge < -0.3 is 11.1 Å². The van der Waals surface area contributed by atoms with Gasteiger partial charge in [0, 0.05) is 12.1 Å². The predicted molar refractivity (Wildman–Crippen MR) is 78.7 cm³/mol. The van der Waals surface area contributed by atoms with Crippen molar-refractivity contribution in [2.75, 3.05) is 0 Å². The fraction of sp³-hybridized carbons (Fsp3) is 0.938.